The summed E-state index contributed by atoms with van der Waals surface area (Å²) in [6.07, 6.45) is 8.06. The number of rotatable bonds is 4. The fourth-order valence-electron chi connectivity index (χ4n) is 9.57. The van der Waals surface area contributed by atoms with E-state index in [0.717, 1.165) is 22.3 Å². The normalized spacial score (nSPS) is 16.0. The van der Waals surface area contributed by atoms with Crippen LogP contribution in [0.2, 0.25) is 0 Å². The molecule has 54 heavy (non-hydrogen) atoms. The van der Waals surface area contributed by atoms with E-state index in [1.807, 2.05) is 6.20 Å². The van der Waals surface area contributed by atoms with E-state index in [-0.39, 0.29) is 0 Å². The van der Waals surface area contributed by atoms with E-state index in [9.17, 15) is 0 Å². The van der Waals surface area contributed by atoms with E-state index >= 15 is 0 Å². The zero-order valence-electron chi connectivity index (χ0n) is 29.6. The minimum Gasteiger partial charge on any atom is -0.309 e. The maximum Gasteiger partial charge on any atom is 0.0780 e. The summed E-state index contributed by atoms with van der Waals surface area (Å²) in [6.45, 7) is 0. The summed E-state index contributed by atoms with van der Waals surface area (Å²) in [5.74, 6) is 1.30. The molecule has 2 heteroatoms. The van der Waals surface area contributed by atoms with Crippen molar-refractivity contribution in [1.29, 1.82) is 0 Å². The van der Waals surface area contributed by atoms with Gasteiger partial charge >= 0.3 is 0 Å². The minimum absolute atomic E-state index is 0.622. The van der Waals surface area contributed by atoms with Crippen molar-refractivity contribution in [2.75, 3.05) is 0 Å². The van der Waals surface area contributed by atoms with Crippen molar-refractivity contribution in [2.45, 2.75) is 12.3 Å². The Morgan fingerprint density at radius 3 is 2.15 bits per heavy atom. The average molecular weight is 687 g/mol. The lowest BCUT2D eigenvalue weighted by Crippen LogP contribution is -1.98. The molecular formula is C52H34N2. The summed E-state index contributed by atoms with van der Waals surface area (Å²) in [7, 11) is 0. The van der Waals surface area contributed by atoms with E-state index in [0.29, 0.717) is 11.8 Å². The molecule has 1 saturated carbocycles. The van der Waals surface area contributed by atoms with Gasteiger partial charge in [0.1, 0.15) is 0 Å². The molecule has 2 aliphatic rings. The van der Waals surface area contributed by atoms with Gasteiger partial charge in [0.2, 0.25) is 0 Å². The second-order valence-electron chi connectivity index (χ2n) is 15.0. The predicted octanol–water partition coefficient (Wildman–Crippen LogP) is 13.8. The number of pyridine rings is 1. The number of benzene rings is 8. The number of hydrogen-bond acceptors (Lipinski definition) is 1. The molecule has 2 nitrogen and oxygen atoms in total. The Kier molecular flexibility index (Phi) is 6.26. The molecule has 0 aliphatic heterocycles. The number of nitrogens with zero attached hydrogens (tertiary/aromatic N) is 2. The van der Waals surface area contributed by atoms with E-state index in [4.69, 9.17) is 4.98 Å². The van der Waals surface area contributed by atoms with E-state index < -0.39 is 0 Å². The fraction of sp³-hybridized carbons (Fsp3) is 0.0577. The van der Waals surface area contributed by atoms with Gasteiger partial charge in [-0.2, -0.15) is 0 Å². The summed E-state index contributed by atoms with van der Waals surface area (Å²) < 4.78 is 2.45. The molecule has 2 aliphatic carbocycles. The smallest absolute Gasteiger partial charge is 0.0780 e. The molecule has 252 valence electrons. The monoisotopic (exact) mass is 686 g/mol. The van der Waals surface area contributed by atoms with Crippen LogP contribution in [-0.2, 0) is 0 Å². The van der Waals surface area contributed by atoms with Crippen molar-refractivity contribution >= 4 is 60.2 Å². The lowest BCUT2D eigenvalue weighted by atomic mass is 9.84. The Balaban J connectivity index is 1.18. The van der Waals surface area contributed by atoms with Gasteiger partial charge in [0.15, 0.2) is 0 Å². The molecule has 0 bridgehead atoms. The molecule has 8 aromatic carbocycles. The van der Waals surface area contributed by atoms with Crippen LogP contribution in [0.15, 0.2) is 176 Å². The number of aromatic nitrogens is 2. The molecule has 0 amide bonds. The first-order valence-corrected chi connectivity index (χ1v) is 19.0. The van der Waals surface area contributed by atoms with Crippen molar-refractivity contribution in [3.63, 3.8) is 0 Å². The minimum atomic E-state index is 0.622. The van der Waals surface area contributed by atoms with Gasteiger partial charge in [-0.1, -0.05) is 140 Å². The van der Waals surface area contributed by atoms with Crippen LogP contribution in [0.3, 0.4) is 0 Å². The molecule has 2 heterocycles. The number of allylic oxidation sites excluding steroid dienone is 1. The molecule has 2 unspecified atom stereocenters. The van der Waals surface area contributed by atoms with Gasteiger partial charge in [0.25, 0.3) is 0 Å². The summed E-state index contributed by atoms with van der Waals surface area (Å²) >= 11 is 0. The van der Waals surface area contributed by atoms with Crippen LogP contribution < -0.4 is 0 Å². The van der Waals surface area contributed by atoms with Gasteiger partial charge in [-0.25, -0.2) is 0 Å². The molecule has 0 saturated heterocycles. The van der Waals surface area contributed by atoms with Gasteiger partial charge < -0.3 is 4.57 Å². The molecule has 0 N–H and O–H groups in total. The van der Waals surface area contributed by atoms with Crippen LogP contribution in [0.5, 0.6) is 0 Å². The molecule has 0 spiro atoms. The average Bonchev–Trinajstić information content (AvgIpc) is 3.97. The third-order valence-electron chi connectivity index (χ3n) is 12.1. The molecule has 0 radical (unpaired) electrons. The predicted molar refractivity (Wildman–Crippen MR) is 227 cm³/mol. The lowest BCUT2D eigenvalue weighted by molar-refractivity contribution is 1.01. The largest absolute Gasteiger partial charge is 0.309 e. The molecule has 12 rings (SSSR count). The first-order valence-electron chi connectivity index (χ1n) is 19.0. The lowest BCUT2D eigenvalue weighted by Gasteiger charge is -2.20. The maximum atomic E-state index is 4.99. The van der Waals surface area contributed by atoms with Gasteiger partial charge in [-0.05, 0) is 109 Å². The Labute approximate surface area is 313 Å². The molecule has 10 aromatic rings. The van der Waals surface area contributed by atoms with E-state index in [1.165, 1.54) is 88.5 Å². The Hall–Kier alpha value is -6.77. The Morgan fingerprint density at radius 1 is 0.500 bits per heavy atom. The first-order chi connectivity index (χ1) is 26.8. The van der Waals surface area contributed by atoms with Crippen LogP contribution in [-0.4, -0.2) is 9.55 Å². The van der Waals surface area contributed by atoms with Crippen LogP contribution >= 0.6 is 0 Å². The van der Waals surface area contributed by atoms with Crippen LogP contribution in [0, 0.1) is 5.92 Å². The summed E-state index contributed by atoms with van der Waals surface area (Å²) in [5.41, 5.74) is 13.5. The standard InChI is InChI=1S/C52H34N2/c1-2-12-36(13-3-1)54-49-20-9-8-16-41(49)45-19-10-18-44(52(45)54)40-25-23-35(51-37-14-5-4-11-32(37)27-28-53-51)31-46(40)33-21-24-39-38-15-6-7-17-42(38)50-43(48(39)30-33)26-22-34-29-47(34)50/h1-28,30-31,34,47H,29H2. The Morgan fingerprint density at radius 2 is 1.24 bits per heavy atom. The van der Waals surface area contributed by atoms with Gasteiger partial charge in [0, 0.05) is 39.2 Å². The maximum absolute atomic E-state index is 4.99. The van der Waals surface area contributed by atoms with Crippen molar-refractivity contribution < 1.29 is 0 Å². The van der Waals surface area contributed by atoms with Crippen molar-refractivity contribution in [2.24, 2.45) is 5.92 Å². The van der Waals surface area contributed by atoms with Crippen LogP contribution in [0.1, 0.15) is 23.5 Å². The van der Waals surface area contributed by atoms with Gasteiger partial charge in [0.05, 0.1) is 16.7 Å². The van der Waals surface area contributed by atoms with E-state index in [2.05, 4.69) is 181 Å². The molecule has 1 fully saturated rings. The van der Waals surface area contributed by atoms with Crippen molar-refractivity contribution in [3.8, 4) is 39.2 Å². The second-order valence-corrected chi connectivity index (χ2v) is 15.0. The molecular weight excluding hydrogens is 653 g/mol. The summed E-state index contributed by atoms with van der Waals surface area (Å²) in [4.78, 5) is 4.99. The Bertz CT molecular complexity index is 3200. The SMILES string of the molecule is C1=CC2CC2c2c1c1cc(-c3cc(-c4nccc5ccccc45)ccc3-c3cccc4c5ccccc5n(-c5ccccc5)c34)ccc1c1ccccc21. The topological polar surface area (TPSA) is 17.8 Å². The van der Waals surface area contributed by atoms with Gasteiger partial charge in [-0.15, -0.1) is 0 Å². The highest BCUT2D eigenvalue weighted by Crippen LogP contribution is 2.56. The first kappa shape index (κ1) is 29.8. The van der Waals surface area contributed by atoms with Crippen molar-refractivity contribution in [3.05, 3.63) is 187 Å². The van der Waals surface area contributed by atoms with Crippen LogP contribution in [0.4, 0.5) is 0 Å². The molecule has 2 aromatic heterocycles. The highest BCUT2D eigenvalue weighted by atomic mass is 15.0. The summed E-state index contributed by atoms with van der Waals surface area (Å²) in [6, 6.07) is 60.3. The number of para-hydroxylation sites is 3. The highest BCUT2D eigenvalue weighted by Gasteiger charge is 2.41. The third kappa shape index (κ3) is 4.31. The quantitative estimate of drug-likeness (QED) is 0.169. The molecule has 2 atom stereocenters. The third-order valence-corrected chi connectivity index (χ3v) is 12.1. The fourth-order valence-corrected chi connectivity index (χ4v) is 9.57. The highest BCUT2D eigenvalue weighted by molar-refractivity contribution is 6.17. The zero-order chi connectivity index (χ0) is 35.3. The number of hydrogen-bond donors (Lipinski definition) is 0. The van der Waals surface area contributed by atoms with Gasteiger partial charge in [-0.3, -0.25) is 4.98 Å². The van der Waals surface area contributed by atoms with Crippen molar-refractivity contribution in [1.82, 2.24) is 9.55 Å². The zero-order valence-corrected chi connectivity index (χ0v) is 29.6. The van der Waals surface area contributed by atoms with Crippen LogP contribution in [0.25, 0.3) is 99.4 Å². The van der Waals surface area contributed by atoms with E-state index in [1.54, 1.807) is 0 Å². The number of fused-ring (bicyclic) bond motifs is 12. The summed E-state index contributed by atoms with van der Waals surface area (Å²) in [5, 5.41) is 10.3. The second kappa shape index (κ2) is 11.4.